The maximum absolute atomic E-state index is 13.4. The van der Waals surface area contributed by atoms with Gasteiger partial charge >= 0.3 is 0 Å². The van der Waals surface area contributed by atoms with Crippen molar-refractivity contribution in [1.29, 1.82) is 0 Å². The van der Waals surface area contributed by atoms with Crippen LogP contribution in [-0.2, 0) is 4.79 Å². The minimum atomic E-state index is -0.149. The Morgan fingerprint density at radius 3 is 2.87 bits per heavy atom. The Labute approximate surface area is 138 Å². The standard InChI is InChI=1S/C19H27N3O/c20-17-12-22(11-16(17)14-6-2-1-3-7-14)18(23)19-9-5-4-8-15(19)10-21-13-19/h1-3,6-7,15-17,21H,4-5,8-13,20H2/t15-,16-,17+,19+/m0/s1. The number of likely N-dealkylation sites (tertiary alicyclic amines) is 1. The smallest absolute Gasteiger partial charge is 0.230 e. The molecule has 2 aliphatic heterocycles. The van der Waals surface area contributed by atoms with Gasteiger partial charge in [-0.2, -0.15) is 0 Å². The minimum absolute atomic E-state index is 0.0501. The maximum Gasteiger partial charge on any atom is 0.230 e. The molecule has 0 unspecified atom stereocenters. The van der Waals surface area contributed by atoms with Crippen molar-refractivity contribution in [3.63, 3.8) is 0 Å². The van der Waals surface area contributed by atoms with Crippen LogP contribution < -0.4 is 11.1 Å². The average molecular weight is 313 g/mol. The summed E-state index contributed by atoms with van der Waals surface area (Å²) in [7, 11) is 0. The van der Waals surface area contributed by atoms with Crippen LogP contribution in [0.5, 0.6) is 0 Å². The Bertz CT molecular complexity index is 575. The van der Waals surface area contributed by atoms with Gasteiger partial charge in [-0.3, -0.25) is 4.79 Å². The van der Waals surface area contributed by atoms with E-state index in [9.17, 15) is 4.79 Å². The second-order valence-corrected chi connectivity index (χ2v) is 7.62. The van der Waals surface area contributed by atoms with Crippen molar-refractivity contribution in [2.45, 2.75) is 37.6 Å². The SMILES string of the molecule is N[C@@H]1CN(C(=O)[C@@]23CCCC[C@H]2CNC3)C[C@H]1c1ccccc1. The van der Waals surface area contributed by atoms with Crippen molar-refractivity contribution in [2.75, 3.05) is 26.2 Å². The Hall–Kier alpha value is -1.39. The van der Waals surface area contributed by atoms with Crippen LogP contribution in [0.25, 0.3) is 0 Å². The first-order valence-electron chi connectivity index (χ1n) is 9.01. The number of nitrogens with zero attached hydrogens (tertiary/aromatic N) is 1. The molecule has 2 heterocycles. The molecule has 0 radical (unpaired) electrons. The van der Waals surface area contributed by atoms with Crippen LogP contribution in [0.1, 0.15) is 37.2 Å². The van der Waals surface area contributed by atoms with Gasteiger partial charge in [-0.1, -0.05) is 43.2 Å². The molecule has 3 fully saturated rings. The van der Waals surface area contributed by atoms with E-state index in [-0.39, 0.29) is 17.4 Å². The lowest BCUT2D eigenvalue weighted by Crippen LogP contribution is -2.49. The van der Waals surface area contributed by atoms with Crippen LogP contribution in [0, 0.1) is 11.3 Å². The molecule has 0 bridgehead atoms. The number of fused-ring (bicyclic) bond motifs is 1. The van der Waals surface area contributed by atoms with Gasteiger partial charge in [0.15, 0.2) is 0 Å². The highest BCUT2D eigenvalue weighted by Crippen LogP contribution is 2.46. The van der Waals surface area contributed by atoms with E-state index >= 15 is 0 Å². The van der Waals surface area contributed by atoms with Gasteiger partial charge in [0.1, 0.15) is 0 Å². The average Bonchev–Trinajstić information content (AvgIpc) is 3.19. The van der Waals surface area contributed by atoms with Crippen LogP contribution in [0.2, 0.25) is 0 Å². The first-order chi connectivity index (χ1) is 11.2. The van der Waals surface area contributed by atoms with Crippen molar-refractivity contribution in [3.8, 4) is 0 Å². The first-order valence-corrected chi connectivity index (χ1v) is 9.01. The van der Waals surface area contributed by atoms with E-state index in [0.717, 1.165) is 26.1 Å². The van der Waals surface area contributed by atoms with E-state index in [2.05, 4.69) is 34.5 Å². The van der Waals surface area contributed by atoms with E-state index in [4.69, 9.17) is 5.73 Å². The molecule has 0 spiro atoms. The van der Waals surface area contributed by atoms with E-state index in [1.807, 2.05) is 6.07 Å². The van der Waals surface area contributed by atoms with Gasteiger partial charge in [-0.25, -0.2) is 0 Å². The van der Waals surface area contributed by atoms with Crippen molar-refractivity contribution >= 4 is 5.91 Å². The monoisotopic (exact) mass is 313 g/mol. The second kappa shape index (κ2) is 5.91. The van der Waals surface area contributed by atoms with Gasteiger partial charge in [-0.05, 0) is 30.9 Å². The summed E-state index contributed by atoms with van der Waals surface area (Å²) in [6.07, 6.45) is 4.70. The van der Waals surface area contributed by atoms with Gasteiger partial charge in [-0.15, -0.1) is 0 Å². The Balaban J connectivity index is 1.54. The first kappa shape index (κ1) is 15.2. The lowest BCUT2D eigenvalue weighted by molar-refractivity contribution is -0.144. The number of carbonyl (C=O) groups excluding carboxylic acids is 1. The van der Waals surface area contributed by atoms with E-state index in [1.54, 1.807) is 0 Å². The third kappa shape index (κ3) is 2.48. The third-order valence-corrected chi connectivity index (χ3v) is 6.34. The molecule has 2 saturated heterocycles. The molecule has 4 rings (SSSR count). The van der Waals surface area contributed by atoms with Gasteiger partial charge in [0.05, 0.1) is 5.41 Å². The molecule has 3 aliphatic rings. The number of hydrogen-bond acceptors (Lipinski definition) is 3. The van der Waals surface area contributed by atoms with Crippen molar-refractivity contribution < 1.29 is 4.79 Å². The zero-order chi connectivity index (χ0) is 15.9. The van der Waals surface area contributed by atoms with Gasteiger partial charge in [0.25, 0.3) is 0 Å². The van der Waals surface area contributed by atoms with E-state index < -0.39 is 0 Å². The van der Waals surface area contributed by atoms with Crippen LogP contribution in [0.3, 0.4) is 0 Å². The fourth-order valence-electron chi connectivity index (χ4n) is 5.03. The molecule has 1 amide bonds. The summed E-state index contributed by atoms with van der Waals surface area (Å²) >= 11 is 0. The summed E-state index contributed by atoms with van der Waals surface area (Å²) < 4.78 is 0. The van der Waals surface area contributed by atoms with Crippen LogP contribution >= 0.6 is 0 Å². The van der Waals surface area contributed by atoms with Crippen LogP contribution in [-0.4, -0.2) is 43.0 Å². The Kier molecular flexibility index (Phi) is 3.90. The number of rotatable bonds is 2. The van der Waals surface area contributed by atoms with Gasteiger partial charge < -0.3 is 16.0 Å². The fourth-order valence-corrected chi connectivity index (χ4v) is 5.03. The quantitative estimate of drug-likeness (QED) is 0.874. The largest absolute Gasteiger partial charge is 0.340 e. The summed E-state index contributed by atoms with van der Waals surface area (Å²) in [5, 5.41) is 3.48. The molecule has 23 heavy (non-hydrogen) atoms. The summed E-state index contributed by atoms with van der Waals surface area (Å²) in [4.78, 5) is 15.4. The number of amides is 1. The highest BCUT2D eigenvalue weighted by molar-refractivity contribution is 5.84. The van der Waals surface area contributed by atoms with Crippen LogP contribution in [0.4, 0.5) is 0 Å². The normalized spacial score (nSPS) is 36.9. The third-order valence-electron chi connectivity index (χ3n) is 6.34. The molecular formula is C19H27N3O. The highest BCUT2D eigenvalue weighted by atomic mass is 16.2. The summed E-state index contributed by atoms with van der Waals surface area (Å²) in [5.74, 6) is 1.16. The van der Waals surface area contributed by atoms with Gasteiger partial charge in [0.2, 0.25) is 5.91 Å². The lowest BCUT2D eigenvalue weighted by atomic mass is 9.67. The highest BCUT2D eigenvalue weighted by Gasteiger charge is 2.52. The van der Waals surface area contributed by atoms with E-state index in [0.29, 0.717) is 18.4 Å². The molecule has 1 aromatic carbocycles. The zero-order valence-corrected chi connectivity index (χ0v) is 13.7. The predicted octanol–water partition coefficient (Wildman–Crippen LogP) is 1.72. The molecular weight excluding hydrogens is 286 g/mol. The Morgan fingerprint density at radius 2 is 2.04 bits per heavy atom. The Morgan fingerprint density at radius 1 is 1.22 bits per heavy atom. The number of nitrogens with two attached hydrogens (primary N) is 1. The topological polar surface area (TPSA) is 58.4 Å². The molecule has 1 saturated carbocycles. The maximum atomic E-state index is 13.4. The minimum Gasteiger partial charge on any atom is -0.340 e. The molecule has 124 valence electrons. The number of carbonyl (C=O) groups is 1. The molecule has 1 aromatic rings. The molecule has 4 nitrogen and oxygen atoms in total. The molecule has 4 atom stereocenters. The molecule has 0 aromatic heterocycles. The number of hydrogen-bond donors (Lipinski definition) is 2. The molecule has 1 aliphatic carbocycles. The summed E-state index contributed by atoms with van der Waals surface area (Å²) in [5.41, 5.74) is 7.51. The fraction of sp³-hybridized carbons (Fsp3) is 0.632. The number of nitrogens with one attached hydrogen (secondary N) is 1. The van der Waals surface area contributed by atoms with Crippen molar-refractivity contribution in [3.05, 3.63) is 35.9 Å². The zero-order valence-electron chi connectivity index (χ0n) is 13.7. The molecule has 4 heteroatoms. The number of benzene rings is 1. The molecule has 3 N–H and O–H groups in total. The summed E-state index contributed by atoms with van der Waals surface area (Å²) in [6, 6.07) is 10.5. The van der Waals surface area contributed by atoms with Crippen LogP contribution in [0.15, 0.2) is 30.3 Å². The predicted molar refractivity (Wildman–Crippen MR) is 91.0 cm³/mol. The lowest BCUT2D eigenvalue weighted by Gasteiger charge is -2.39. The van der Waals surface area contributed by atoms with Crippen molar-refractivity contribution in [1.82, 2.24) is 10.2 Å². The van der Waals surface area contributed by atoms with E-state index in [1.165, 1.54) is 24.8 Å². The second-order valence-electron chi connectivity index (χ2n) is 7.62. The van der Waals surface area contributed by atoms with Gasteiger partial charge in [0, 0.05) is 31.6 Å². The van der Waals surface area contributed by atoms with Crippen molar-refractivity contribution in [2.24, 2.45) is 17.1 Å². The summed E-state index contributed by atoms with van der Waals surface area (Å²) in [6.45, 7) is 3.34.